The van der Waals surface area contributed by atoms with Crippen molar-refractivity contribution in [1.29, 1.82) is 0 Å². The highest BCUT2D eigenvalue weighted by Gasteiger charge is 2.41. The molecule has 0 aromatic carbocycles. The van der Waals surface area contributed by atoms with E-state index in [-0.39, 0.29) is 0 Å². The van der Waals surface area contributed by atoms with Crippen LogP contribution in [0.4, 0.5) is 0 Å². The number of hydrogen-bond donors (Lipinski definition) is 0. The lowest BCUT2D eigenvalue weighted by atomic mass is 10.1. The summed E-state index contributed by atoms with van der Waals surface area (Å²) in [7, 11) is 0. The average Bonchev–Trinajstić information content (AvgIpc) is 3.23. The Morgan fingerprint density at radius 3 is 3.13 bits per heavy atom. The van der Waals surface area contributed by atoms with Crippen LogP contribution in [0, 0.1) is 5.92 Å². The van der Waals surface area contributed by atoms with Gasteiger partial charge >= 0.3 is 0 Å². The molecule has 1 saturated carbocycles. The van der Waals surface area contributed by atoms with Crippen LogP contribution >= 0.6 is 11.3 Å². The van der Waals surface area contributed by atoms with Crippen LogP contribution in [0.3, 0.4) is 0 Å². The van der Waals surface area contributed by atoms with Crippen molar-refractivity contribution in [2.24, 2.45) is 5.92 Å². The Morgan fingerprint density at radius 1 is 1.30 bits per heavy atom. The van der Waals surface area contributed by atoms with E-state index >= 15 is 0 Å². The smallest absolute Gasteiger partial charge is 0.213 e. The summed E-state index contributed by atoms with van der Waals surface area (Å²) in [5, 5.41) is 4.41. The molecule has 23 heavy (non-hydrogen) atoms. The van der Waals surface area contributed by atoms with Gasteiger partial charge in [-0.1, -0.05) is 6.07 Å². The molecule has 0 spiro atoms. The van der Waals surface area contributed by atoms with Gasteiger partial charge in [0.25, 0.3) is 0 Å². The predicted octanol–water partition coefficient (Wildman–Crippen LogP) is 3.20. The lowest BCUT2D eigenvalue weighted by molar-refractivity contribution is -0.0589. The number of ether oxygens (including phenoxy) is 2. The summed E-state index contributed by atoms with van der Waals surface area (Å²) >= 11 is 1.77. The zero-order valence-electron chi connectivity index (χ0n) is 13.1. The molecule has 0 radical (unpaired) electrons. The highest BCUT2D eigenvalue weighted by Crippen LogP contribution is 2.35. The molecule has 3 atom stereocenters. The Balaban J connectivity index is 1.35. The maximum atomic E-state index is 6.02. The van der Waals surface area contributed by atoms with Crippen LogP contribution in [0.1, 0.15) is 18.4 Å². The van der Waals surface area contributed by atoms with Gasteiger partial charge in [-0.2, -0.15) is 11.3 Å². The number of hydrogen-bond acceptors (Lipinski definition) is 5. The Hall–Kier alpha value is -1.43. The second kappa shape index (κ2) is 6.99. The standard InChI is InChI=1S/C18H22N2O2S/c1-2-5-19-18(3-1)22-12-15-9-16-17(10-15)21-7-6-20(16)11-14-4-8-23-13-14/h1-5,8,13,15-17H,6-7,9-12H2/t15-,16+,17+/m0/s1. The summed E-state index contributed by atoms with van der Waals surface area (Å²) in [6.45, 7) is 3.66. The first-order valence-electron chi connectivity index (χ1n) is 8.29. The average molecular weight is 330 g/mol. The molecule has 1 saturated heterocycles. The quantitative estimate of drug-likeness (QED) is 0.843. The minimum atomic E-state index is 0.361. The first-order valence-corrected chi connectivity index (χ1v) is 9.23. The number of aromatic nitrogens is 1. The normalized spacial score (nSPS) is 27.7. The zero-order chi connectivity index (χ0) is 15.5. The molecule has 1 aliphatic carbocycles. The molecule has 3 heterocycles. The van der Waals surface area contributed by atoms with Crippen LogP contribution in [0.2, 0.25) is 0 Å². The van der Waals surface area contributed by atoms with E-state index in [1.54, 1.807) is 17.5 Å². The summed E-state index contributed by atoms with van der Waals surface area (Å²) in [6.07, 6.45) is 4.38. The predicted molar refractivity (Wildman–Crippen MR) is 90.7 cm³/mol. The van der Waals surface area contributed by atoms with Gasteiger partial charge in [0.05, 0.1) is 19.3 Å². The Kier molecular flexibility index (Phi) is 4.60. The zero-order valence-corrected chi connectivity index (χ0v) is 14.0. The molecule has 122 valence electrons. The first-order chi connectivity index (χ1) is 11.4. The molecule has 4 rings (SSSR count). The van der Waals surface area contributed by atoms with Crippen LogP contribution in [0.15, 0.2) is 41.2 Å². The third-order valence-electron chi connectivity index (χ3n) is 4.82. The summed E-state index contributed by atoms with van der Waals surface area (Å²) in [6, 6.07) is 8.55. The highest BCUT2D eigenvalue weighted by atomic mass is 32.1. The van der Waals surface area contributed by atoms with Crippen molar-refractivity contribution < 1.29 is 9.47 Å². The monoisotopic (exact) mass is 330 g/mol. The maximum Gasteiger partial charge on any atom is 0.213 e. The molecule has 2 aliphatic rings. The van der Waals surface area contributed by atoms with Crippen molar-refractivity contribution in [2.45, 2.75) is 31.5 Å². The van der Waals surface area contributed by atoms with Crippen molar-refractivity contribution in [3.05, 3.63) is 46.8 Å². The lowest BCUT2D eigenvalue weighted by Crippen LogP contribution is -2.47. The molecule has 0 bridgehead atoms. The van der Waals surface area contributed by atoms with E-state index in [1.165, 1.54) is 5.56 Å². The summed E-state index contributed by atoms with van der Waals surface area (Å²) < 4.78 is 11.9. The molecule has 5 heteroatoms. The fourth-order valence-electron chi connectivity index (χ4n) is 3.71. The van der Waals surface area contributed by atoms with Crippen LogP contribution in [0.25, 0.3) is 0 Å². The van der Waals surface area contributed by atoms with Crippen molar-refractivity contribution in [3.63, 3.8) is 0 Å². The fraction of sp³-hybridized carbons (Fsp3) is 0.500. The van der Waals surface area contributed by atoms with Crippen molar-refractivity contribution in [3.8, 4) is 5.88 Å². The van der Waals surface area contributed by atoms with Crippen LogP contribution in [-0.2, 0) is 11.3 Å². The van der Waals surface area contributed by atoms with E-state index in [0.717, 1.165) is 45.0 Å². The molecule has 2 fully saturated rings. The van der Waals surface area contributed by atoms with E-state index in [4.69, 9.17) is 9.47 Å². The summed E-state index contributed by atoms with van der Waals surface area (Å²) in [4.78, 5) is 6.83. The van der Waals surface area contributed by atoms with Gasteiger partial charge in [-0.3, -0.25) is 4.90 Å². The third-order valence-corrected chi connectivity index (χ3v) is 5.55. The SMILES string of the molecule is c1ccc(OC[C@H]2C[C@@H]3[C@@H](C2)OCCN3Cc2ccsc2)nc1. The minimum Gasteiger partial charge on any atom is -0.477 e. The van der Waals surface area contributed by atoms with E-state index in [2.05, 4.69) is 26.7 Å². The van der Waals surface area contributed by atoms with Crippen LogP contribution in [0.5, 0.6) is 5.88 Å². The second-order valence-corrected chi connectivity index (χ2v) is 7.18. The number of pyridine rings is 1. The molecular formula is C18H22N2O2S. The molecule has 2 aromatic rings. The number of thiophene rings is 1. The molecule has 0 N–H and O–H groups in total. The molecular weight excluding hydrogens is 308 g/mol. The van der Waals surface area contributed by atoms with Gasteiger partial charge in [0.15, 0.2) is 0 Å². The molecule has 1 aliphatic heterocycles. The lowest BCUT2D eigenvalue weighted by Gasteiger charge is -2.37. The Bertz CT molecular complexity index is 605. The largest absolute Gasteiger partial charge is 0.477 e. The van der Waals surface area contributed by atoms with Gasteiger partial charge in [-0.15, -0.1) is 0 Å². The van der Waals surface area contributed by atoms with E-state index in [9.17, 15) is 0 Å². The minimum absolute atomic E-state index is 0.361. The number of rotatable bonds is 5. The van der Waals surface area contributed by atoms with Gasteiger partial charge in [0, 0.05) is 31.4 Å². The van der Waals surface area contributed by atoms with Crippen molar-refractivity contribution in [1.82, 2.24) is 9.88 Å². The Labute approximate surface area is 141 Å². The fourth-order valence-corrected chi connectivity index (χ4v) is 4.37. The summed E-state index contributed by atoms with van der Waals surface area (Å²) in [5.74, 6) is 1.27. The second-order valence-electron chi connectivity index (χ2n) is 6.40. The molecule has 4 nitrogen and oxygen atoms in total. The number of nitrogens with zero attached hydrogens (tertiary/aromatic N) is 2. The van der Waals surface area contributed by atoms with Gasteiger partial charge < -0.3 is 9.47 Å². The van der Waals surface area contributed by atoms with Crippen molar-refractivity contribution >= 4 is 11.3 Å². The third kappa shape index (κ3) is 3.57. The van der Waals surface area contributed by atoms with Gasteiger partial charge in [-0.05, 0) is 47.2 Å². The Morgan fingerprint density at radius 2 is 2.30 bits per heavy atom. The maximum absolute atomic E-state index is 6.02. The van der Waals surface area contributed by atoms with Crippen LogP contribution in [-0.4, -0.2) is 41.8 Å². The van der Waals surface area contributed by atoms with E-state index in [0.29, 0.717) is 18.1 Å². The van der Waals surface area contributed by atoms with Gasteiger partial charge in [-0.25, -0.2) is 4.98 Å². The molecule has 0 amide bonds. The molecule has 0 unspecified atom stereocenters. The summed E-state index contributed by atoms with van der Waals surface area (Å²) in [5.41, 5.74) is 1.42. The van der Waals surface area contributed by atoms with E-state index < -0.39 is 0 Å². The van der Waals surface area contributed by atoms with Crippen molar-refractivity contribution in [2.75, 3.05) is 19.8 Å². The van der Waals surface area contributed by atoms with Gasteiger partial charge in [0.1, 0.15) is 0 Å². The van der Waals surface area contributed by atoms with Crippen LogP contribution < -0.4 is 4.74 Å². The first kappa shape index (κ1) is 15.1. The van der Waals surface area contributed by atoms with Gasteiger partial charge in [0.2, 0.25) is 5.88 Å². The number of fused-ring (bicyclic) bond motifs is 1. The molecule has 2 aromatic heterocycles. The highest BCUT2D eigenvalue weighted by molar-refractivity contribution is 7.07. The van der Waals surface area contributed by atoms with E-state index in [1.807, 2.05) is 18.2 Å². The topological polar surface area (TPSA) is 34.6 Å². The number of morpholine rings is 1.